The molecule has 0 unspecified atom stereocenters. The zero-order valence-corrected chi connectivity index (χ0v) is 16.5. The van der Waals surface area contributed by atoms with Gasteiger partial charge in [-0.25, -0.2) is 0 Å². The van der Waals surface area contributed by atoms with Gasteiger partial charge in [0.2, 0.25) is 11.0 Å². The molecule has 0 radical (unpaired) electrons. The van der Waals surface area contributed by atoms with E-state index in [2.05, 4.69) is 20.2 Å². The number of carbonyl (C=O) groups is 1. The molecule has 12 heteroatoms. The second-order valence-electron chi connectivity index (χ2n) is 5.67. The fourth-order valence-corrected chi connectivity index (χ4v) is 5.36. The van der Waals surface area contributed by atoms with Gasteiger partial charge in [0, 0.05) is 13.0 Å². The molecule has 1 aromatic carbocycles. The molecular formula is C14H15N5O4S3. The first-order valence-electron chi connectivity index (χ1n) is 7.46. The molecule has 9 nitrogen and oxygen atoms in total. The molecule has 0 aliphatic carbocycles. The monoisotopic (exact) mass is 413 g/mol. The van der Waals surface area contributed by atoms with Crippen LogP contribution in [-0.4, -0.2) is 29.1 Å². The van der Waals surface area contributed by atoms with E-state index in [1.54, 1.807) is 22.8 Å². The molecule has 0 aliphatic heterocycles. The van der Waals surface area contributed by atoms with Crippen LogP contribution in [0.3, 0.4) is 0 Å². The molecule has 138 valence electrons. The molecule has 1 amide bonds. The van der Waals surface area contributed by atoms with E-state index in [0.29, 0.717) is 10.4 Å². The summed E-state index contributed by atoms with van der Waals surface area (Å²) in [6, 6.07) is 4.90. The zero-order valence-electron chi connectivity index (χ0n) is 14.0. The van der Waals surface area contributed by atoms with Crippen molar-refractivity contribution in [2.24, 2.45) is 0 Å². The molecule has 3 aromatic rings. The Bertz CT molecular complexity index is 1140. The minimum absolute atomic E-state index is 0.00684. The summed E-state index contributed by atoms with van der Waals surface area (Å²) < 4.78 is 29.4. The van der Waals surface area contributed by atoms with Crippen LogP contribution in [0.25, 0.3) is 10.2 Å². The van der Waals surface area contributed by atoms with E-state index in [0.717, 1.165) is 28.2 Å². The van der Waals surface area contributed by atoms with Gasteiger partial charge in [0.1, 0.15) is 0 Å². The largest absolute Gasteiger partial charge is 0.308 e. The molecular weight excluding hydrogens is 398 g/mol. The summed E-state index contributed by atoms with van der Waals surface area (Å²) in [5.41, 5.74) is 1.06. The summed E-state index contributed by atoms with van der Waals surface area (Å²) >= 11 is 1.80. The van der Waals surface area contributed by atoms with Gasteiger partial charge in [-0.1, -0.05) is 22.7 Å². The molecule has 2 heterocycles. The van der Waals surface area contributed by atoms with Crippen molar-refractivity contribution in [1.29, 1.82) is 0 Å². The average Bonchev–Trinajstić information content (AvgIpc) is 3.09. The van der Waals surface area contributed by atoms with Gasteiger partial charge in [-0.05, 0) is 32.0 Å². The van der Waals surface area contributed by atoms with Crippen molar-refractivity contribution in [3.8, 4) is 0 Å². The highest BCUT2D eigenvalue weighted by Crippen LogP contribution is 2.27. The highest BCUT2D eigenvalue weighted by Gasteiger charge is 2.21. The van der Waals surface area contributed by atoms with Crippen LogP contribution in [0.5, 0.6) is 0 Å². The van der Waals surface area contributed by atoms with Crippen LogP contribution < -0.4 is 14.9 Å². The Hall–Kier alpha value is -2.31. The third-order valence-corrected chi connectivity index (χ3v) is 6.81. The Morgan fingerprint density at radius 1 is 1.23 bits per heavy atom. The van der Waals surface area contributed by atoms with E-state index >= 15 is 0 Å². The van der Waals surface area contributed by atoms with Gasteiger partial charge < -0.3 is 5.32 Å². The number of aromatic nitrogens is 3. The average molecular weight is 414 g/mol. The van der Waals surface area contributed by atoms with Crippen molar-refractivity contribution in [2.45, 2.75) is 31.2 Å². The highest BCUT2D eigenvalue weighted by atomic mass is 32.2. The number of rotatable bonds is 5. The quantitative estimate of drug-likeness (QED) is 0.619. The first-order valence-corrected chi connectivity index (χ1v) is 10.6. The van der Waals surface area contributed by atoms with E-state index < -0.39 is 10.0 Å². The van der Waals surface area contributed by atoms with Gasteiger partial charge >= 0.3 is 4.87 Å². The van der Waals surface area contributed by atoms with Crippen LogP contribution >= 0.6 is 22.7 Å². The van der Waals surface area contributed by atoms with Gasteiger partial charge in [-0.3, -0.25) is 18.9 Å². The first kappa shape index (κ1) is 18.5. The van der Waals surface area contributed by atoms with E-state index in [-0.39, 0.29) is 26.3 Å². The Morgan fingerprint density at radius 3 is 2.62 bits per heavy atom. The lowest BCUT2D eigenvalue weighted by atomic mass is 10.3. The second kappa shape index (κ2) is 6.78. The van der Waals surface area contributed by atoms with Crippen LogP contribution in [-0.2, 0) is 14.8 Å². The summed E-state index contributed by atoms with van der Waals surface area (Å²) in [7, 11) is -3.95. The maximum atomic E-state index is 12.4. The van der Waals surface area contributed by atoms with Crippen molar-refractivity contribution in [2.75, 3.05) is 10.0 Å². The normalized spacial score (nSPS) is 11.8. The maximum absolute atomic E-state index is 12.4. The summed E-state index contributed by atoms with van der Waals surface area (Å²) in [4.78, 5) is 23.0. The van der Waals surface area contributed by atoms with E-state index in [4.69, 9.17) is 0 Å². The molecule has 0 saturated carbocycles. The predicted octanol–water partition coefficient (Wildman–Crippen LogP) is 2.25. The number of benzene rings is 1. The number of hydrogen-bond acceptors (Lipinski definition) is 8. The summed E-state index contributed by atoms with van der Waals surface area (Å²) in [6.07, 6.45) is 0. The molecule has 0 aliphatic rings. The van der Waals surface area contributed by atoms with Crippen LogP contribution in [0.15, 0.2) is 27.3 Å². The minimum Gasteiger partial charge on any atom is -0.301 e. The minimum atomic E-state index is -3.95. The van der Waals surface area contributed by atoms with Crippen molar-refractivity contribution >= 4 is 59.6 Å². The predicted molar refractivity (Wildman–Crippen MR) is 101 cm³/mol. The molecule has 26 heavy (non-hydrogen) atoms. The third-order valence-electron chi connectivity index (χ3n) is 3.30. The van der Waals surface area contributed by atoms with Gasteiger partial charge in [-0.15, -0.1) is 10.2 Å². The molecule has 0 saturated heterocycles. The second-order valence-corrected chi connectivity index (χ2v) is 9.50. The number of hydrogen-bond donors (Lipinski definition) is 2. The Labute approximate surface area is 156 Å². The van der Waals surface area contributed by atoms with Crippen molar-refractivity contribution < 1.29 is 13.2 Å². The summed E-state index contributed by atoms with van der Waals surface area (Å²) in [5, 5.41) is 9.70. The number of thiazole rings is 1. The number of anilines is 2. The van der Waals surface area contributed by atoms with Crippen molar-refractivity contribution in [3.05, 3.63) is 27.9 Å². The molecule has 2 aromatic heterocycles. The highest BCUT2D eigenvalue weighted by molar-refractivity contribution is 7.94. The lowest BCUT2D eigenvalue weighted by Gasteiger charge is -2.08. The summed E-state index contributed by atoms with van der Waals surface area (Å²) in [6.45, 7) is 5.11. The molecule has 0 fully saturated rings. The van der Waals surface area contributed by atoms with Gasteiger partial charge in [-0.2, -0.15) is 8.42 Å². The molecule has 0 atom stereocenters. The number of nitrogens with zero attached hydrogens (tertiary/aromatic N) is 3. The topological polar surface area (TPSA) is 123 Å². The Morgan fingerprint density at radius 2 is 1.96 bits per heavy atom. The SMILES string of the molecule is CC(=O)Nc1nnc(S(=O)(=O)Nc2ccc3c(c2)sc(=O)n3C(C)C)s1. The first-order chi connectivity index (χ1) is 12.2. The van der Waals surface area contributed by atoms with E-state index in [1.165, 1.54) is 6.92 Å². The number of nitrogens with one attached hydrogen (secondary N) is 2. The molecule has 3 rings (SSSR count). The summed E-state index contributed by atoms with van der Waals surface area (Å²) in [5.74, 6) is -0.368. The maximum Gasteiger partial charge on any atom is 0.308 e. The lowest BCUT2D eigenvalue weighted by molar-refractivity contribution is -0.114. The Kier molecular flexibility index (Phi) is 4.82. The molecule has 0 spiro atoms. The fraction of sp³-hybridized carbons (Fsp3) is 0.286. The molecule has 0 bridgehead atoms. The van der Waals surface area contributed by atoms with Crippen LogP contribution in [0.1, 0.15) is 26.8 Å². The fourth-order valence-electron chi connectivity index (χ4n) is 2.31. The van der Waals surface area contributed by atoms with Crippen LogP contribution in [0.4, 0.5) is 10.8 Å². The van der Waals surface area contributed by atoms with Crippen LogP contribution in [0, 0.1) is 0 Å². The van der Waals surface area contributed by atoms with Gasteiger partial charge in [0.25, 0.3) is 14.4 Å². The zero-order chi connectivity index (χ0) is 19.1. The van der Waals surface area contributed by atoms with Crippen molar-refractivity contribution in [1.82, 2.24) is 14.8 Å². The molecule has 2 N–H and O–H groups in total. The Balaban J connectivity index is 1.91. The number of amides is 1. The standard InChI is InChI=1S/C14H15N5O4S3/c1-7(2)19-10-5-4-9(6-11(10)24-14(19)21)18-26(22,23)13-17-16-12(25-13)15-8(3)20/h4-7,18H,1-3H3,(H,15,16,20). The van der Waals surface area contributed by atoms with Crippen LogP contribution in [0.2, 0.25) is 0 Å². The van der Waals surface area contributed by atoms with Gasteiger partial charge in [0.05, 0.1) is 15.9 Å². The van der Waals surface area contributed by atoms with E-state index in [1.807, 2.05) is 13.8 Å². The van der Waals surface area contributed by atoms with E-state index in [9.17, 15) is 18.0 Å². The third kappa shape index (κ3) is 3.61. The number of sulfonamides is 1. The smallest absolute Gasteiger partial charge is 0.301 e. The number of carbonyl (C=O) groups excluding carboxylic acids is 1. The van der Waals surface area contributed by atoms with Crippen molar-refractivity contribution in [3.63, 3.8) is 0 Å². The number of fused-ring (bicyclic) bond motifs is 1. The lowest BCUT2D eigenvalue weighted by Crippen LogP contribution is -2.14. The van der Waals surface area contributed by atoms with Gasteiger partial charge in [0.15, 0.2) is 0 Å².